The van der Waals surface area contributed by atoms with E-state index in [1.807, 2.05) is 18.2 Å². The van der Waals surface area contributed by atoms with Crippen LogP contribution in [0, 0.1) is 11.8 Å². The standard InChI is InChI=1S/C16H22N2O2/c1-10(2)11-4-3-5-12(8-11)17-13-6-7-15-14(9-13)18-16(19)20-15/h6-7,9-12,17H,3-5,8H2,1-2H3,(H,18,19). The van der Waals surface area contributed by atoms with Crippen molar-refractivity contribution in [1.29, 1.82) is 0 Å². The van der Waals surface area contributed by atoms with Gasteiger partial charge in [-0.05, 0) is 42.9 Å². The summed E-state index contributed by atoms with van der Waals surface area (Å²) < 4.78 is 5.02. The van der Waals surface area contributed by atoms with Crippen molar-refractivity contribution in [3.8, 4) is 0 Å². The molecule has 1 aliphatic rings. The number of aromatic nitrogens is 1. The van der Waals surface area contributed by atoms with Gasteiger partial charge in [0.25, 0.3) is 0 Å². The number of oxazole rings is 1. The maximum Gasteiger partial charge on any atom is 0.417 e. The molecule has 1 heterocycles. The van der Waals surface area contributed by atoms with Crippen LogP contribution in [-0.2, 0) is 0 Å². The molecule has 0 radical (unpaired) electrons. The summed E-state index contributed by atoms with van der Waals surface area (Å²) in [5.74, 6) is 1.18. The van der Waals surface area contributed by atoms with Crippen LogP contribution in [0.5, 0.6) is 0 Å². The number of anilines is 1. The average Bonchev–Trinajstić information content (AvgIpc) is 2.78. The quantitative estimate of drug-likeness (QED) is 0.896. The number of nitrogens with one attached hydrogen (secondary N) is 2. The summed E-state index contributed by atoms with van der Waals surface area (Å²) in [4.78, 5) is 13.9. The number of H-pyrrole nitrogens is 1. The van der Waals surface area contributed by atoms with Crippen LogP contribution in [0.25, 0.3) is 11.1 Å². The molecule has 2 N–H and O–H groups in total. The normalized spacial score (nSPS) is 23.4. The van der Waals surface area contributed by atoms with Gasteiger partial charge in [-0.25, -0.2) is 4.79 Å². The number of fused-ring (bicyclic) bond motifs is 1. The lowest BCUT2D eigenvalue weighted by molar-refractivity contribution is 0.264. The van der Waals surface area contributed by atoms with E-state index in [9.17, 15) is 4.79 Å². The fourth-order valence-electron chi connectivity index (χ4n) is 3.24. The number of rotatable bonds is 3. The van der Waals surface area contributed by atoms with Crippen LogP contribution < -0.4 is 11.1 Å². The molecular formula is C16H22N2O2. The lowest BCUT2D eigenvalue weighted by Crippen LogP contribution is -2.29. The molecule has 108 valence electrons. The monoisotopic (exact) mass is 274 g/mol. The van der Waals surface area contributed by atoms with E-state index in [1.165, 1.54) is 25.7 Å². The Bertz CT molecular complexity index is 641. The van der Waals surface area contributed by atoms with E-state index in [1.54, 1.807) is 0 Å². The van der Waals surface area contributed by atoms with Crippen molar-refractivity contribution in [2.75, 3.05) is 5.32 Å². The predicted octanol–water partition coefficient (Wildman–Crippen LogP) is 3.75. The van der Waals surface area contributed by atoms with E-state index in [4.69, 9.17) is 4.42 Å². The number of hydrogen-bond acceptors (Lipinski definition) is 3. The van der Waals surface area contributed by atoms with Gasteiger partial charge in [0.2, 0.25) is 0 Å². The molecule has 1 aromatic carbocycles. The van der Waals surface area contributed by atoms with Gasteiger partial charge in [0.05, 0.1) is 5.52 Å². The third-order valence-corrected chi connectivity index (χ3v) is 4.45. The van der Waals surface area contributed by atoms with Crippen LogP contribution in [0.4, 0.5) is 5.69 Å². The molecule has 0 amide bonds. The first-order valence-electron chi connectivity index (χ1n) is 7.51. The highest BCUT2D eigenvalue weighted by molar-refractivity contribution is 5.76. The summed E-state index contributed by atoms with van der Waals surface area (Å²) in [6.07, 6.45) is 5.11. The van der Waals surface area contributed by atoms with Crippen molar-refractivity contribution >= 4 is 16.8 Å². The van der Waals surface area contributed by atoms with Crippen LogP contribution in [0.1, 0.15) is 39.5 Å². The van der Waals surface area contributed by atoms with Crippen molar-refractivity contribution in [2.24, 2.45) is 11.8 Å². The second-order valence-electron chi connectivity index (χ2n) is 6.24. The number of aromatic amines is 1. The molecule has 0 saturated heterocycles. The summed E-state index contributed by atoms with van der Waals surface area (Å²) in [6.45, 7) is 4.63. The zero-order valence-corrected chi connectivity index (χ0v) is 12.1. The second kappa shape index (κ2) is 5.35. The van der Waals surface area contributed by atoms with Gasteiger partial charge < -0.3 is 9.73 Å². The maximum atomic E-state index is 11.2. The minimum atomic E-state index is -0.394. The molecule has 1 saturated carbocycles. The Hall–Kier alpha value is -1.71. The molecule has 3 rings (SSSR count). The molecule has 1 aliphatic carbocycles. The van der Waals surface area contributed by atoms with E-state index in [0.717, 1.165) is 23.0 Å². The van der Waals surface area contributed by atoms with Crippen LogP contribution in [0.2, 0.25) is 0 Å². The highest BCUT2D eigenvalue weighted by Gasteiger charge is 2.24. The van der Waals surface area contributed by atoms with Gasteiger partial charge in [-0.2, -0.15) is 0 Å². The van der Waals surface area contributed by atoms with E-state index in [2.05, 4.69) is 24.1 Å². The molecule has 0 aliphatic heterocycles. The second-order valence-corrected chi connectivity index (χ2v) is 6.24. The molecule has 2 aromatic rings. The third kappa shape index (κ3) is 2.74. The Kier molecular flexibility index (Phi) is 3.55. The molecule has 0 spiro atoms. The number of benzene rings is 1. The largest absolute Gasteiger partial charge is 0.417 e. The molecule has 20 heavy (non-hydrogen) atoms. The van der Waals surface area contributed by atoms with Crippen LogP contribution in [-0.4, -0.2) is 11.0 Å². The Labute approximate surface area is 118 Å². The topological polar surface area (TPSA) is 58.0 Å². The SMILES string of the molecule is CC(C)C1CCCC(Nc2ccc3oc(=O)[nH]c3c2)C1. The Balaban J connectivity index is 1.73. The third-order valence-electron chi connectivity index (χ3n) is 4.45. The summed E-state index contributed by atoms with van der Waals surface area (Å²) in [6, 6.07) is 6.32. The summed E-state index contributed by atoms with van der Waals surface area (Å²) in [7, 11) is 0. The fourth-order valence-corrected chi connectivity index (χ4v) is 3.24. The molecule has 1 aromatic heterocycles. The molecule has 4 heteroatoms. The van der Waals surface area contributed by atoms with Gasteiger partial charge in [-0.3, -0.25) is 4.98 Å². The minimum absolute atomic E-state index is 0.394. The summed E-state index contributed by atoms with van der Waals surface area (Å²) in [5.41, 5.74) is 2.43. The lowest BCUT2D eigenvalue weighted by atomic mass is 9.79. The molecular weight excluding hydrogens is 252 g/mol. The maximum absolute atomic E-state index is 11.2. The van der Waals surface area contributed by atoms with Crippen LogP contribution in [0.15, 0.2) is 27.4 Å². The van der Waals surface area contributed by atoms with E-state index in [0.29, 0.717) is 11.6 Å². The molecule has 2 atom stereocenters. The lowest BCUT2D eigenvalue weighted by Gasteiger charge is -2.32. The zero-order valence-electron chi connectivity index (χ0n) is 12.1. The highest BCUT2D eigenvalue weighted by Crippen LogP contribution is 2.31. The first kappa shape index (κ1) is 13.3. The minimum Gasteiger partial charge on any atom is -0.408 e. The van der Waals surface area contributed by atoms with Crippen molar-refractivity contribution in [2.45, 2.75) is 45.6 Å². The van der Waals surface area contributed by atoms with Crippen molar-refractivity contribution < 1.29 is 4.42 Å². The average molecular weight is 274 g/mol. The van der Waals surface area contributed by atoms with Gasteiger partial charge in [0, 0.05) is 11.7 Å². The fraction of sp³-hybridized carbons (Fsp3) is 0.562. The predicted molar refractivity (Wildman–Crippen MR) is 81.0 cm³/mol. The molecule has 4 nitrogen and oxygen atoms in total. The van der Waals surface area contributed by atoms with E-state index < -0.39 is 5.76 Å². The van der Waals surface area contributed by atoms with Gasteiger partial charge in [-0.15, -0.1) is 0 Å². The van der Waals surface area contributed by atoms with Gasteiger partial charge >= 0.3 is 5.76 Å². The van der Waals surface area contributed by atoms with E-state index in [-0.39, 0.29) is 0 Å². The molecule has 2 unspecified atom stereocenters. The van der Waals surface area contributed by atoms with Crippen LogP contribution >= 0.6 is 0 Å². The smallest absolute Gasteiger partial charge is 0.408 e. The Morgan fingerprint density at radius 2 is 2.20 bits per heavy atom. The number of hydrogen-bond donors (Lipinski definition) is 2. The van der Waals surface area contributed by atoms with Crippen molar-refractivity contribution in [3.63, 3.8) is 0 Å². The Morgan fingerprint density at radius 3 is 3.00 bits per heavy atom. The zero-order chi connectivity index (χ0) is 14.1. The van der Waals surface area contributed by atoms with Gasteiger partial charge in [0.1, 0.15) is 0 Å². The summed E-state index contributed by atoms with van der Waals surface area (Å²) >= 11 is 0. The first-order valence-corrected chi connectivity index (χ1v) is 7.51. The highest BCUT2D eigenvalue weighted by atomic mass is 16.4. The Morgan fingerprint density at radius 1 is 1.35 bits per heavy atom. The van der Waals surface area contributed by atoms with Crippen molar-refractivity contribution in [1.82, 2.24) is 4.98 Å². The molecule has 1 fully saturated rings. The first-order chi connectivity index (χ1) is 9.61. The van der Waals surface area contributed by atoms with E-state index >= 15 is 0 Å². The molecule has 0 bridgehead atoms. The van der Waals surface area contributed by atoms with Gasteiger partial charge in [-0.1, -0.05) is 26.7 Å². The van der Waals surface area contributed by atoms with Gasteiger partial charge in [0.15, 0.2) is 5.58 Å². The van der Waals surface area contributed by atoms with Crippen LogP contribution in [0.3, 0.4) is 0 Å². The summed E-state index contributed by atoms with van der Waals surface area (Å²) in [5, 5.41) is 3.60. The van der Waals surface area contributed by atoms with Crippen molar-refractivity contribution in [3.05, 3.63) is 28.7 Å².